The van der Waals surface area contributed by atoms with Crippen molar-refractivity contribution in [2.24, 2.45) is 5.73 Å². The molecule has 0 atom stereocenters. The fraction of sp³-hybridized carbons (Fsp3) is 0.0833. The van der Waals surface area contributed by atoms with Gasteiger partial charge in [0.25, 0.3) is 0 Å². The number of benzene rings is 1. The molecule has 3 N–H and O–H groups in total. The smallest absolute Gasteiger partial charge is 0.142 e. The number of fused-ring (bicyclic) bond motifs is 1. The van der Waals surface area contributed by atoms with Gasteiger partial charge in [0, 0.05) is 11.8 Å². The van der Waals surface area contributed by atoms with Crippen LogP contribution in [-0.4, -0.2) is 19.9 Å². The van der Waals surface area contributed by atoms with E-state index >= 15 is 0 Å². The minimum absolute atomic E-state index is 0.347. The van der Waals surface area contributed by atoms with Crippen LogP contribution in [0.2, 0.25) is 0 Å². The van der Waals surface area contributed by atoms with Crippen LogP contribution in [0.1, 0.15) is 5.82 Å². The van der Waals surface area contributed by atoms with Crippen LogP contribution in [0.25, 0.3) is 22.3 Å². The van der Waals surface area contributed by atoms with Gasteiger partial charge in [-0.3, -0.25) is 0 Å². The molecule has 2 aromatic heterocycles. The van der Waals surface area contributed by atoms with E-state index < -0.39 is 0 Å². The summed E-state index contributed by atoms with van der Waals surface area (Å²) in [7, 11) is 0. The van der Waals surface area contributed by atoms with Crippen LogP contribution in [0, 0.1) is 0 Å². The summed E-state index contributed by atoms with van der Waals surface area (Å²) < 4.78 is 0. The van der Waals surface area contributed by atoms with E-state index in [2.05, 4.69) is 19.9 Å². The van der Waals surface area contributed by atoms with Gasteiger partial charge in [0.05, 0.1) is 29.6 Å². The lowest BCUT2D eigenvalue weighted by molar-refractivity contribution is 0.912. The van der Waals surface area contributed by atoms with E-state index in [0.717, 1.165) is 22.3 Å². The van der Waals surface area contributed by atoms with Crippen molar-refractivity contribution in [1.82, 2.24) is 19.9 Å². The molecule has 0 saturated carbocycles. The first-order chi connectivity index (χ1) is 8.36. The van der Waals surface area contributed by atoms with Crippen LogP contribution < -0.4 is 5.73 Å². The monoisotopic (exact) mass is 225 g/mol. The summed E-state index contributed by atoms with van der Waals surface area (Å²) in [5, 5.41) is 0. The van der Waals surface area contributed by atoms with Crippen LogP contribution in [-0.2, 0) is 6.54 Å². The van der Waals surface area contributed by atoms with Gasteiger partial charge >= 0.3 is 0 Å². The van der Waals surface area contributed by atoms with Crippen molar-refractivity contribution in [2.45, 2.75) is 6.54 Å². The van der Waals surface area contributed by atoms with Crippen molar-refractivity contribution in [3.8, 4) is 11.3 Å². The van der Waals surface area contributed by atoms with E-state index in [1.807, 2.05) is 24.3 Å². The van der Waals surface area contributed by atoms with Gasteiger partial charge in [0.15, 0.2) is 0 Å². The molecule has 0 saturated heterocycles. The third kappa shape index (κ3) is 1.76. The number of H-pyrrole nitrogens is 1. The number of nitrogens with one attached hydrogen (secondary N) is 1. The Hall–Kier alpha value is -2.27. The minimum atomic E-state index is 0.347. The number of aromatic amines is 1. The predicted octanol–water partition coefficient (Wildman–Crippen LogP) is 1.48. The fourth-order valence-corrected chi connectivity index (χ4v) is 1.75. The molecule has 0 bridgehead atoms. The lowest BCUT2D eigenvalue weighted by atomic mass is 10.1. The average molecular weight is 225 g/mol. The maximum atomic E-state index is 5.53. The molecule has 0 amide bonds. The van der Waals surface area contributed by atoms with Crippen molar-refractivity contribution in [3.63, 3.8) is 0 Å². The first-order valence-corrected chi connectivity index (χ1v) is 5.32. The lowest BCUT2D eigenvalue weighted by Crippen LogP contribution is -2.02. The Morgan fingerprint density at radius 1 is 1.18 bits per heavy atom. The second kappa shape index (κ2) is 3.95. The van der Waals surface area contributed by atoms with Crippen LogP contribution >= 0.6 is 0 Å². The van der Waals surface area contributed by atoms with E-state index in [0.29, 0.717) is 12.4 Å². The van der Waals surface area contributed by atoms with Gasteiger partial charge < -0.3 is 10.7 Å². The molecule has 2 heterocycles. The van der Waals surface area contributed by atoms with Gasteiger partial charge in [-0.05, 0) is 18.2 Å². The molecule has 0 aliphatic carbocycles. The van der Waals surface area contributed by atoms with E-state index in [9.17, 15) is 0 Å². The topological polar surface area (TPSA) is 80.5 Å². The molecule has 17 heavy (non-hydrogen) atoms. The zero-order chi connectivity index (χ0) is 11.7. The van der Waals surface area contributed by atoms with Crippen molar-refractivity contribution < 1.29 is 0 Å². The molecule has 0 unspecified atom stereocenters. The molecule has 5 nitrogen and oxygen atoms in total. The minimum Gasteiger partial charge on any atom is -0.345 e. The Balaban J connectivity index is 2.12. The summed E-state index contributed by atoms with van der Waals surface area (Å²) in [5.41, 5.74) is 9.37. The summed E-state index contributed by atoms with van der Waals surface area (Å²) in [5.74, 6) is 0.646. The maximum Gasteiger partial charge on any atom is 0.142 e. The van der Waals surface area contributed by atoms with E-state index in [-0.39, 0.29) is 0 Å². The number of rotatable bonds is 2. The first kappa shape index (κ1) is 9.92. The number of nitrogens with two attached hydrogens (primary N) is 1. The molecule has 3 rings (SSSR count). The Morgan fingerprint density at radius 2 is 2.12 bits per heavy atom. The first-order valence-electron chi connectivity index (χ1n) is 5.32. The van der Waals surface area contributed by atoms with Crippen molar-refractivity contribution in [2.75, 3.05) is 0 Å². The molecular weight excluding hydrogens is 214 g/mol. The normalized spacial score (nSPS) is 10.9. The second-order valence-corrected chi connectivity index (χ2v) is 3.70. The Kier molecular flexibility index (Phi) is 2.31. The summed E-state index contributed by atoms with van der Waals surface area (Å²) in [6, 6.07) is 7.85. The van der Waals surface area contributed by atoms with E-state index in [1.54, 1.807) is 12.5 Å². The second-order valence-electron chi connectivity index (χ2n) is 3.70. The van der Waals surface area contributed by atoms with Crippen LogP contribution in [0.4, 0.5) is 0 Å². The molecular formula is C12H11N5. The van der Waals surface area contributed by atoms with Gasteiger partial charge in [0.2, 0.25) is 0 Å². The SMILES string of the molecule is NCc1nccc(-c2ccc3nc[nH]c3c2)n1. The van der Waals surface area contributed by atoms with Crippen molar-refractivity contribution in [1.29, 1.82) is 0 Å². The third-order valence-corrected chi connectivity index (χ3v) is 2.60. The zero-order valence-corrected chi connectivity index (χ0v) is 9.09. The van der Waals surface area contributed by atoms with E-state index in [4.69, 9.17) is 5.73 Å². The molecule has 0 fully saturated rings. The molecule has 5 heteroatoms. The van der Waals surface area contributed by atoms with Crippen LogP contribution in [0.3, 0.4) is 0 Å². The largest absolute Gasteiger partial charge is 0.345 e. The van der Waals surface area contributed by atoms with E-state index in [1.165, 1.54) is 0 Å². The lowest BCUT2D eigenvalue weighted by Gasteiger charge is -2.02. The maximum absolute atomic E-state index is 5.53. The molecule has 0 spiro atoms. The van der Waals surface area contributed by atoms with Gasteiger partial charge in [-0.1, -0.05) is 6.07 Å². The number of aromatic nitrogens is 4. The molecule has 0 radical (unpaired) electrons. The molecule has 0 aliphatic rings. The highest BCUT2D eigenvalue weighted by atomic mass is 14.9. The summed E-state index contributed by atoms with van der Waals surface area (Å²) in [6.45, 7) is 0.347. The Bertz CT molecular complexity index is 659. The Morgan fingerprint density at radius 3 is 3.00 bits per heavy atom. The van der Waals surface area contributed by atoms with Crippen molar-refractivity contribution in [3.05, 3.63) is 42.6 Å². The van der Waals surface area contributed by atoms with Crippen molar-refractivity contribution >= 4 is 11.0 Å². The zero-order valence-electron chi connectivity index (χ0n) is 9.09. The third-order valence-electron chi connectivity index (χ3n) is 2.60. The standard InChI is InChI=1S/C12H11N5/c13-6-12-14-4-3-9(17-12)8-1-2-10-11(5-8)16-7-15-10/h1-5,7H,6,13H2,(H,15,16). The van der Waals surface area contributed by atoms with Crippen LogP contribution in [0.15, 0.2) is 36.8 Å². The molecule has 84 valence electrons. The summed E-state index contributed by atoms with van der Waals surface area (Å²) in [4.78, 5) is 15.7. The Labute approximate surface area is 97.7 Å². The number of imidazole rings is 1. The quantitative estimate of drug-likeness (QED) is 0.692. The predicted molar refractivity (Wildman–Crippen MR) is 65.0 cm³/mol. The van der Waals surface area contributed by atoms with Gasteiger partial charge in [-0.25, -0.2) is 15.0 Å². The van der Waals surface area contributed by atoms with Gasteiger partial charge in [-0.2, -0.15) is 0 Å². The highest BCUT2D eigenvalue weighted by Crippen LogP contribution is 2.20. The average Bonchev–Trinajstić information content (AvgIpc) is 2.86. The molecule has 0 aliphatic heterocycles. The van der Waals surface area contributed by atoms with Gasteiger partial charge in [0.1, 0.15) is 5.82 Å². The summed E-state index contributed by atoms with van der Waals surface area (Å²) in [6.07, 6.45) is 3.40. The summed E-state index contributed by atoms with van der Waals surface area (Å²) >= 11 is 0. The fourth-order valence-electron chi connectivity index (χ4n) is 1.75. The van der Waals surface area contributed by atoms with Crippen LogP contribution in [0.5, 0.6) is 0 Å². The number of nitrogens with zero attached hydrogens (tertiary/aromatic N) is 3. The number of hydrogen-bond donors (Lipinski definition) is 2. The molecule has 1 aromatic carbocycles. The van der Waals surface area contributed by atoms with Gasteiger partial charge in [-0.15, -0.1) is 0 Å². The molecule has 3 aromatic rings. The number of hydrogen-bond acceptors (Lipinski definition) is 4. The highest BCUT2D eigenvalue weighted by molar-refractivity contribution is 5.80. The highest BCUT2D eigenvalue weighted by Gasteiger charge is 2.03.